The van der Waals surface area contributed by atoms with Crippen molar-refractivity contribution in [2.24, 2.45) is 0 Å². The van der Waals surface area contributed by atoms with E-state index in [1.165, 1.54) is 96.4 Å². The van der Waals surface area contributed by atoms with Gasteiger partial charge in [-0.3, -0.25) is 4.55 Å². The molecule has 0 fully saturated rings. The van der Waals surface area contributed by atoms with Crippen molar-refractivity contribution in [3.05, 3.63) is 0 Å². The minimum absolute atomic E-state index is 0.0926. The lowest BCUT2D eigenvalue weighted by atomic mass is 10.1. The third kappa shape index (κ3) is 35.6. The molecule has 0 amide bonds. The fourth-order valence-corrected chi connectivity index (χ4v) is 3.47. The van der Waals surface area contributed by atoms with E-state index in [0.717, 1.165) is 12.8 Å². The Labute approximate surface area is 182 Å². The van der Waals surface area contributed by atoms with Gasteiger partial charge in [0.1, 0.15) is 0 Å². The average molecular weight is 438 g/mol. The van der Waals surface area contributed by atoms with Crippen LogP contribution in [0, 0.1) is 0 Å². The molecule has 29 heavy (non-hydrogen) atoms. The second kappa shape index (κ2) is 24.1. The zero-order valence-corrected chi connectivity index (χ0v) is 20.8. The molecule has 0 bridgehead atoms. The third-order valence-electron chi connectivity index (χ3n) is 4.94. The van der Waals surface area contributed by atoms with Gasteiger partial charge in [-0.2, -0.15) is 8.42 Å². The summed E-state index contributed by atoms with van der Waals surface area (Å²) >= 11 is 0. The fraction of sp³-hybridized carbons (Fsp3) is 1.00. The van der Waals surface area contributed by atoms with Gasteiger partial charge in [0.15, 0.2) is 0 Å². The Morgan fingerprint density at radius 1 is 0.621 bits per heavy atom. The monoisotopic (exact) mass is 437 g/mol. The minimum Gasteiger partial charge on any atom is -0.309 e. The summed E-state index contributed by atoms with van der Waals surface area (Å²) in [6.45, 7) is 5.84. The Morgan fingerprint density at radius 2 is 0.966 bits per heavy atom. The summed E-state index contributed by atoms with van der Waals surface area (Å²) < 4.78 is 33.0. The van der Waals surface area contributed by atoms with Gasteiger partial charge in [0.2, 0.25) is 0 Å². The molecule has 0 spiro atoms. The molecule has 0 atom stereocenters. The van der Waals surface area contributed by atoms with Gasteiger partial charge in [-0.05, 0) is 33.5 Å². The second-order valence-electron chi connectivity index (χ2n) is 8.36. The first-order valence-corrected chi connectivity index (χ1v) is 13.5. The molecule has 1 N–H and O–H groups in total. The molecule has 0 saturated carbocycles. The van der Waals surface area contributed by atoms with Crippen LogP contribution in [-0.2, 0) is 14.6 Å². The second-order valence-corrected chi connectivity index (χ2v) is 9.45. The molecule has 0 aromatic carbocycles. The van der Waals surface area contributed by atoms with Crippen LogP contribution in [0.4, 0.5) is 0 Å². The zero-order valence-electron chi connectivity index (χ0n) is 20.0. The van der Waals surface area contributed by atoms with Crippen molar-refractivity contribution in [1.29, 1.82) is 0 Å². The summed E-state index contributed by atoms with van der Waals surface area (Å²) in [5, 5.41) is 0. The summed E-state index contributed by atoms with van der Waals surface area (Å²) in [5.74, 6) is 0. The number of nitrogens with zero attached hydrogens (tertiary/aromatic N) is 1. The Balaban J connectivity index is 0. The summed E-state index contributed by atoms with van der Waals surface area (Å²) in [7, 11) is 0.0654. The maximum Gasteiger partial charge on any atom is 0.397 e. The predicted octanol–water partition coefficient (Wildman–Crippen LogP) is 7.03. The predicted molar refractivity (Wildman–Crippen MR) is 126 cm³/mol. The van der Waals surface area contributed by atoms with Crippen molar-refractivity contribution < 1.29 is 17.2 Å². The van der Waals surface area contributed by atoms with Crippen molar-refractivity contribution in [1.82, 2.24) is 4.90 Å². The van der Waals surface area contributed by atoms with E-state index in [2.05, 4.69) is 37.0 Å². The van der Waals surface area contributed by atoms with Crippen LogP contribution in [0.1, 0.15) is 123 Å². The van der Waals surface area contributed by atoms with E-state index in [-0.39, 0.29) is 6.61 Å². The molecule has 0 aromatic heterocycles. The van der Waals surface area contributed by atoms with Gasteiger partial charge in [0, 0.05) is 0 Å². The van der Waals surface area contributed by atoms with E-state index >= 15 is 0 Å². The number of hydrogen-bond acceptors (Lipinski definition) is 4. The molecular formula is C23H51NO4S. The first-order chi connectivity index (χ1) is 13.8. The normalized spacial score (nSPS) is 11.5. The van der Waals surface area contributed by atoms with Crippen LogP contribution in [0.25, 0.3) is 0 Å². The van der Waals surface area contributed by atoms with Gasteiger partial charge in [-0.1, -0.05) is 110 Å². The molecule has 0 unspecified atom stereocenters. The Kier molecular flexibility index (Phi) is 25.8. The van der Waals surface area contributed by atoms with E-state index < -0.39 is 10.4 Å². The summed E-state index contributed by atoms with van der Waals surface area (Å²) in [6, 6.07) is 0. The lowest BCUT2D eigenvalue weighted by molar-refractivity contribution is 0.261. The molecule has 5 nitrogen and oxygen atoms in total. The average Bonchev–Trinajstić information content (AvgIpc) is 2.65. The molecule has 0 rings (SSSR count). The van der Waals surface area contributed by atoms with Crippen LogP contribution < -0.4 is 0 Å². The van der Waals surface area contributed by atoms with Crippen LogP contribution >= 0.6 is 0 Å². The Morgan fingerprint density at radius 3 is 1.31 bits per heavy atom. The highest BCUT2D eigenvalue weighted by Crippen LogP contribution is 2.10. The fourth-order valence-electron chi connectivity index (χ4n) is 3.14. The van der Waals surface area contributed by atoms with Crippen molar-refractivity contribution in [3.8, 4) is 0 Å². The van der Waals surface area contributed by atoms with Gasteiger partial charge in [-0.15, -0.1) is 0 Å². The molecule has 0 radical (unpaired) electrons. The number of unbranched alkanes of at least 4 members (excludes halogenated alkanes) is 15. The summed E-state index contributed by atoms with van der Waals surface area (Å²) in [5.41, 5.74) is 0. The lowest BCUT2D eigenvalue weighted by Crippen LogP contribution is -2.12. The highest BCUT2D eigenvalue weighted by molar-refractivity contribution is 7.80. The molecule has 0 aliphatic carbocycles. The van der Waals surface area contributed by atoms with Gasteiger partial charge in [-0.25, -0.2) is 4.18 Å². The highest BCUT2D eigenvalue weighted by Gasteiger charge is 2.02. The van der Waals surface area contributed by atoms with E-state index in [0.29, 0.717) is 6.42 Å². The number of hydrogen-bond donors (Lipinski definition) is 1. The zero-order chi connectivity index (χ0) is 22.2. The van der Waals surface area contributed by atoms with E-state index in [1.54, 1.807) is 0 Å². The largest absolute Gasteiger partial charge is 0.397 e. The first kappa shape index (κ1) is 31.0. The topological polar surface area (TPSA) is 66.8 Å². The first-order valence-electron chi connectivity index (χ1n) is 12.1. The Bertz CT molecular complexity index is 400. The molecule has 0 heterocycles. The quantitative estimate of drug-likeness (QED) is 0.164. The SMILES string of the molecule is CCCCCCCCCCCCOS(=O)(=O)O.CCCCCCCCCN(C)C. The smallest absolute Gasteiger partial charge is 0.309 e. The van der Waals surface area contributed by atoms with Gasteiger partial charge in [0.25, 0.3) is 0 Å². The molecule has 178 valence electrons. The van der Waals surface area contributed by atoms with Gasteiger partial charge >= 0.3 is 10.4 Å². The Hall–Kier alpha value is -0.170. The maximum atomic E-state index is 10.2. The van der Waals surface area contributed by atoms with Crippen LogP contribution in [0.2, 0.25) is 0 Å². The maximum absolute atomic E-state index is 10.2. The molecule has 0 aliphatic rings. The van der Waals surface area contributed by atoms with Crippen molar-refractivity contribution in [2.45, 2.75) is 123 Å². The van der Waals surface area contributed by atoms with Crippen LogP contribution in [0.3, 0.4) is 0 Å². The van der Waals surface area contributed by atoms with E-state index in [1.807, 2.05) is 0 Å². The van der Waals surface area contributed by atoms with Crippen molar-refractivity contribution >= 4 is 10.4 Å². The van der Waals surface area contributed by atoms with Gasteiger partial charge in [0.05, 0.1) is 6.61 Å². The van der Waals surface area contributed by atoms with Crippen LogP contribution in [0.5, 0.6) is 0 Å². The third-order valence-corrected chi connectivity index (χ3v) is 5.40. The molecule has 6 heteroatoms. The van der Waals surface area contributed by atoms with Crippen LogP contribution in [-0.4, -0.2) is 45.1 Å². The molecular weight excluding hydrogens is 386 g/mol. The van der Waals surface area contributed by atoms with E-state index in [9.17, 15) is 8.42 Å². The van der Waals surface area contributed by atoms with Crippen molar-refractivity contribution in [3.63, 3.8) is 0 Å². The lowest BCUT2D eigenvalue weighted by Gasteiger charge is -2.08. The number of rotatable bonds is 20. The minimum atomic E-state index is -4.23. The van der Waals surface area contributed by atoms with Crippen LogP contribution in [0.15, 0.2) is 0 Å². The van der Waals surface area contributed by atoms with E-state index in [4.69, 9.17) is 4.55 Å². The molecule has 0 aromatic rings. The van der Waals surface area contributed by atoms with Gasteiger partial charge < -0.3 is 4.90 Å². The molecule has 0 saturated heterocycles. The molecule has 0 aliphatic heterocycles. The highest BCUT2D eigenvalue weighted by atomic mass is 32.3. The standard InChI is InChI=1S/C12H26O4S.C11H25N/c1-2-3-4-5-6-7-8-9-10-11-12-16-17(13,14)15;1-4-5-6-7-8-9-10-11-12(2)3/h2-12H2,1H3,(H,13,14,15);4-11H2,1-3H3. The summed E-state index contributed by atoms with van der Waals surface area (Å²) in [4.78, 5) is 2.27. The summed E-state index contributed by atoms with van der Waals surface area (Å²) in [6.07, 6.45) is 21.8. The van der Waals surface area contributed by atoms with Crippen molar-refractivity contribution in [2.75, 3.05) is 27.2 Å².